The van der Waals surface area contributed by atoms with Gasteiger partial charge in [-0.1, -0.05) is 11.6 Å². The van der Waals surface area contributed by atoms with Gasteiger partial charge in [0, 0.05) is 25.7 Å². The molecular formula is C10H14ClN3O4S2. The van der Waals surface area contributed by atoms with Gasteiger partial charge in [0.25, 0.3) is 15.7 Å². The van der Waals surface area contributed by atoms with Crippen LogP contribution in [0.2, 0.25) is 4.34 Å². The fourth-order valence-electron chi connectivity index (χ4n) is 2.07. The number of likely N-dealkylation sites (N-methyl/N-ethyl adjacent to an activating group) is 1. The number of hydrogen-bond donors (Lipinski definition) is 1. The molecule has 2 heterocycles. The van der Waals surface area contributed by atoms with Gasteiger partial charge in [0.1, 0.15) is 4.21 Å². The molecular weight excluding hydrogens is 326 g/mol. The summed E-state index contributed by atoms with van der Waals surface area (Å²) in [6.45, 7) is 1.46. The van der Waals surface area contributed by atoms with E-state index in [0.29, 0.717) is 17.9 Å². The van der Waals surface area contributed by atoms with Crippen LogP contribution in [0.1, 0.15) is 12.8 Å². The molecule has 20 heavy (non-hydrogen) atoms. The van der Waals surface area contributed by atoms with Crippen molar-refractivity contribution in [3.63, 3.8) is 0 Å². The highest BCUT2D eigenvalue weighted by Gasteiger charge is 2.32. The second-order valence-electron chi connectivity index (χ2n) is 4.50. The summed E-state index contributed by atoms with van der Waals surface area (Å²) in [7, 11) is -2.26. The number of nitro groups is 1. The number of sulfonamides is 1. The number of nitrogens with zero attached hydrogens (tertiary/aromatic N) is 2. The van der Waals surface area contributed by atoms with Crippen molar-refractivity contribution in [3.8, 4) is 0 Å². The summed E-state index contributed by atoms with van der Waals surface area (Å²) in [5, 5.41) is 13.9. The van der Waals surface area contributed by atoms with Crippen LogP contribution in [0.4, 0.5) is 5.69 Å². The van der Waals surface area contributed by atoms with Gasteiger partial charge in [-0.15, -0.1) is 11.3 Å². The molecule has 10 heteroatoms. The average molecular weight is 340 g/mol. The Hall–Kier alpha value is -0.740. The van der Waals surface area contributed by atoms with Crippen LogP contribution >= 0.6 is 22.9 Å². The van der Waals surface area contributed by atoms with E-state index in [-0.39, 0.29) is 20.3 Å². The van der Waals surface area contributed by atoms with Gasteiger partial charge in [-0.3, -0.25) is 10.1 Å². The highest BCUT2D eigenvalue weighted by molar-refractivity contribution is 7.91. The monoisotopic (exact) mass is 339 g/mol. The summed E-state index contributed by atoms with van der Waals surface area (Å²) in [5.41, 5.74) is -0.370. The first-order chi connectivity index (χ1) is 9.34. The number of thiophene rings is 1. The van der Waals surface area contributed by atoms with Gasteiger partial charge in [-0.05, 0) is 19.4 Å². The Morgan fingerprint density at radius 2 is 2.30 bits per heavy atom. The fraction of sp³-hybridized carbons (Fsp3) is 0.600. The highest BCUT2D eigenvalue weighted by atomic mass is 35.5. The van der Waals surface area contributed by atoms with Gasteiger partial charge in [0.05, 0.1) is 4.92 Å². The molecule has 112 valence electrons. The molecule has 1 fully saturated rings. The van der Waals surface area contributed by atoms with E-state index < -0.39 is 14.9 Å². The normalized spacial score (nSPS) is 20.2. The molecule has 7 nitrogen and oxygen atoms in total. The molecule has 1 saturated heterocycles. The van der Waals surface area contributed by atoms with E-state index in [1.54, 1.807) is 0 Å². The lowest BCUT2D eigenvalue weighted by atomic mass is 10.1. The first kappa shape index (κ1) is 15.6. The zero-order chi connectivity index (χ0) is 14.9. The van der Waals surface area contributed by atoms with E-state index in [0.717, 1.165) is 25.5 Å². The number of hydrogen-bond acceptors (Lipinski definition) is 6. The van der Waals surface area contributed by atoms with Crippen molar-refractivity contribution in [2.45, 2.75) is 23.1 Å². The molecule has 0 radical (unpaired) electrons. The minimum atomic E-state index is -3.75. The Morgan fingerprint density at radius 1 is 1.60 bits per heavy atom. The molecule has 0 bridgehead atoms. The smallest absolute Gasteiger partial charge is 0.300 e. The molecule has 1 atom stereocenters. The predicted molar refractivity (Wildman–Crippen MR) is 76.8 cm³/mol. The van der Waals surface area contributed by atoms with E-state index in [2.05, 4.69) is 5.32 Å². The van der Waals surface area contributed by atoms with E-state index in [4.69, 9.17) is 11.6 Å². The lowest BCUT2D eigenvalue weighted by Crippen LogP contribution is -2.46. The van der Waals surface area contributed by atoms with Crippen LogP contribution in [0.15, 0.2) is 10.3 Å². The SMILES string of the molecule is CN(C1CCCNC1)S(=O)(=O)c1cc([N+](=O)[O-])c(Cl)s1. The lowest BCUT2D eigenvalue weighted by molar-refractivity contribution is -0.384. The van der Waals surface area contributed by atoms with Crippen LogP contribution in [0.3, 0.4) is 0 Å². The Bertz CT molecular complexity index is 610. The van der Waals surface area contributed by atoms with Crippen molar-refractivity contribution in [2.24, 2.45) is 0 Å². The van der Waals surface area contributed by atoms with Crippen LogP contribution in [0.5, 0.6) is 0 Å². The van der Waals surface area contributed by atoms with Crippen molar-refractivity contribution in [1.29, 1.82) is 0 Å². The maximum absolute atomic E-state index is 12.4. The summed E-state index contributed by atoms with van der Waals surface area (Å²) in [5.74, 6) is 0. The summed E-state index contributed by atoms with van der Waals surface area (Å²) < 4.78 is 25.9. The van der Waals surface area contributed by atoms with Gasteiger partial charge in [-0.25, -0.2) is 8.42 Å². The van der Waals surface area contributed by atoms with Gasteiger partial charge < -0.3 is 5.32 Å². The zero-order valence-corrected chi connectivity index (χ0v) is 13.1. The Morgan fingerprint density at radius 3 is 2.80 bits per heavy atom. The molecule has 0 aliphatic carbocycles. The number of rotatable bonds is 4. The van der Waals surface area contributed by atoms with E-state index >= 15 is 0 Å². The van der Waals surface area contributed by atoms with E-state index in [9.17, 15) is 18.5 Å². The maximum atomic E-state index is 12.4. The summed E-state index contributed by atoms with van der Waals surface area (Å²) in [6, 6.07) is 0.878. The fourth-order valence-corrected chi connectivity index (χ4v) is 5.31. The van der Waals surface area contributed by atoms with Crippen LogP contribution in [0, 0.1) is 10.1 Å². The van der Waals surface area contributed by atoms with Crippen LogP contribution in [-0.4, -0.2) is 43.8 Å². The van der Waals surface area contributed by atoms with Crippen LogP contribution in [0.25, 0.3) is 0 Å². The molecule has 0 amide bonds. The summed E-state index contributed by atoms with van der Waals surface area (Å²) >= 11 is 6.43. The third kappa shape index (κ3) is 2.96. The molecule has 0 aromatic carbocycles. The molecule has 1 aromatic heterocycles. The Kier molecular flexibility index (Phi) is 4.65. The zero-order valence-electron chi connectivity index (χ0n) is 10.7. The van der Waals surface area contributed by atoms with Crippen molar-refractivity contribution in [2.75, 3.05) is 20.1 Å². The summed E-state index contributed by atoms with van der Waals surface area (Å²) in [4.78, 5) is 10.1. The quantitative estimate of drug-likeness (QED) is 0.665. The van der Waals surface area contributed by atoms with Crippen LogP contribution in [-0.2, 0) is 10.0 Å². The molecule has 2 rings (SSSR count). The Labute approximate surface area is 125 Å². The lowest BCUT2D eigenvalue weighted by Gasteiger charge is -2.30. The highest BCUT2D eigenvalue weighted by Crippen LogP contribution is 2.37. The number of nitrogens with one attached hydrogen (secondary N) is 1. The standard InChI is InChI=1S/C10H14ClN3O4S2/c1-13(7-3-2-4-12-6-7)20(17,18)9-5-8(14(15)16)10(11)19-9/h5,7,12H,2-4,6H2,1H3. The average Bonchev–Trinajstić information content (AvgIpc) is 2.82. The third-order valence-corrected chi connectivity index (χ3v) is 6.96. The van der Waals surface area contributed by atoms with Gasteiger partial charge in [0.2, 0.25) is 0 Å². The first-order valence-corrected chi connectivity index (χ1v) is 8.60. The molecule has 1 aliphatic rings. The molecule has 0 saturated carbocycles. The Balaban J connectivity index is 2.29. The minimum absolute atomic E-state index is 0.0951. The maximum Gasteiger partial charge on any atom is 0.300 e. The minimum Gasteiger partial charge on any atom is -0.315 e. The van der Waals surface area contributed by atoms with Crippen molar-refractivity contribution >= 4 is 38.6 Å². The van der Waals surface area contributed by atoms with Crippen LogP contribution < -0.4 is 5.32 Å². The van der Waals surface area contributed by atoms with Crippen molar-refractivity contribution in [1.82, 2.24) is 9.62 Å². The third-order valence-electron chi connectivity index (χ3n) is 3.26. The molecule has 1 N–H and O–H groups in total. The predicted octanol–water partition coefficient (Wildman–Crippen LogP) is 1.68. The molecule has 1 unspecified atom stereocenters. The largest absolute Gasteiger partial charge is 0.315 e. The van der Waals surface area contributed by atoms with E-state index in [1.807, 2.05) is 0 Å². The topological polar surface area (TPSA) is 92.6 Å². The van der Waals surface area contributed by atoms with Crippen molar-refractivity contribution in [3.05, 3.63) is 20.5 Å². The van der Waals surface area contributed by atoms with E-state index in [1.165, 1.54) is 11.4 Å². The first-order valence-electron chi connectivity index (χ1n) is 5.96. The summed E-state index contributed by atoms with van der Waals surface area (Å²) in [6.07, 6.45) is 1.67. The second kappa shape index (κ2) is 5.94. The molecule has 0 spiro atoms. The number of piperidine rings is 1. The number of halogens is 1. The molecule has 1 aliphatic heterocycles. The second-order valence-corrected chi connectivity index (χ2v) is 8.38. The molecule has 1 aromatic rings. The van der Waals surface area contributed by atoms with Gasteiger partial charge >= 0.3 is 0 Å². The van der Waals surface area contributed by atoms with Gasteiger partial charge in [-0.2, -0.15) is 4.31 Å². The van der Waals surface area contributed by atoms with Gasteiger partial charge in [0.15, 0.2) is 4.34 Å². The van der Waals surface area contributed by atoms with Crippen molar-refractivity contribution < 1.29 is 13.3 Å².